The molecule has 0 aliphatic rings. The van der Waals surface area contributed by atoms with Gasteiger partial charge in [-0.25, -0.2) is 5.84 Å². The first kappa shape index (κ1) is 16.6. The summed E-state index contributed by atoms with van der Waals surface area (Å²) in [6.07, 6.45) is 1.14. The van der Waals surface area contributed by atoms with E-state index in [0.717, 1.165) is 38.2 Å². The monoisotopic (exact) mass is 278 g/mol. The van der Waals surface area contributed by atoms with Gasteiger partial charge in [-0.1, -0.05) is 19.1 Å². The number of hydrogen-bond donors (Lipinski definition) is 2. The highest BCUT2D eigenvalue weighted by atomic mass is 16.2. The molecule has 0 aromatic heterocycles. The Morgan fingerprint density at radius 3 is 2.65 bits per heavy atom. The smallest absolute Gasteiger partial charge is 0.265 e. The van der Waals surface area contributed by atoms with Crippen molar-refractivity contribution in [3.63, 3.8) is 0 Å². The number of carbonyl (C=O) groups is 1. The van der Waals surface area contributed by atoms with E-state index in [1.807, 2.05) is 18.2 Å². The van der Waals surface area contributed by atoms with Crippen LogP contribution in [0, 0.1) is 0 Å². The zero-order valence-electron chi connectivity index (χ0n) is 12.7. The summed E-state index contributed by atoms with van der Waals surface area (Å²) in [4.78, 5) is 16.1. The topological polar surface area (TPSA) is 61.6 Å². The SMILES string of the molecule is CCN(CCCN(C)C)Cc1cccc(C(=O)NN)c1. The van der Waals surface area contributed by atoms with Crippen molar-refractivity contribution < 1.29 is 4.79 Å². The molecule has 0 unspecified atom stereocenters. The van der Waals surface area contributed by atoms with E-state index in [1.54, 1.807) is 6.07 Å². The Labute approximate surface area is 121 Å². The number of nitrogens with one attached hydrogen (secondary N) is 1. The minimum absolute atomic E-state index is 0.248. The maximum atomic E-state index is 11.5. The Hall–Kier alpha value is -1.43. The molecule has 112 valence electrons. The Morgan fingerprint density at radius 2 is 2.05 bits per heavy atom. The van der Waals surface area contributed by atoms with Gasteiger partial charge in [0, 0.05) is 12.1 Å². The molecule has 5 nitrogen and oxygen atoms in total. The molecule has 1 aromatic rings. The Kier molecular flexibility index (Phi) is 7.22. The lowest BCUT2D eigenvalue weighted by atomic mass is 10.1. The van der Waals surface area contributed by atoms with E-state index in [1.165, 1.54) is 0 Å². The largest absolute Gasteiger partial charge is 0.309 e. The molecular weight excluding hydrogens is 252 g/mol. The quantitative estimate of drug-likeness (QED) is 0.424. The molecule has 1 aromatic carbocycles. The van der Waals surface area contributed by atoms with Gasteiger partial charge in [0.2, 0.25) is 0 Å². The van der Waals surface area contributed by atoms with Crippen molar-refractivity contribution in [3.05, 3.63) is 35.4 Å². The number of hydrogen-bond acceptors (Lipinski definition) is 4. The van der Waals surface area contributed by atoms with E-state index < -0.39 is 0 Å². The van der Waals surface area contributed by atoms with Crippen molar-refractivity contribution in [2.45, 2.75) is 19.9 Å². The van der Waals surface area contributed by atoms with Crippen molar-refractivity contribution in [1.82, 2.24) is 15.2 Å². The molecule has 0 radical (unpaired) electrons. The van der Waals surface area contributed by atoms with Gasteiger partial charge in [0.25, 0.3) is 5.91 Å². The Morgan fingerprint density at radius 1 is 1.30 bits per heavy atom. The molecule has 0 saturated heterocycles. The van der Waals surface area contributed by atoms with Crippen LogP contribution in [0.1, 0.15) is 29.3 Å². The van der Waals surface area contributed by atoms with Gasteiger partial charge in [-0.3, -0.25) is 15.1 Å². The number of amides is 1. The van der Waals surface area contributed by atoms with E-state index >= 15 is 0 Å². The normalized spacial score (nSPS) is 11.1. The molecule has 0 atom stereocenters. The second kappa shape index (κ2) is 8.68. The molecule has 0 spiro atoms. The van der Waals surface area contributed by atoms with Gasteiger partial charge < -0.3 is 4.90 Å². The standard InChI is InChI=1S/C15H26N4O/c1-4-19(10-6-9-18(2)3)12-13-7-5-8-14(11-13)15(20)17-16/h5,7-8,11H,4,6,9-10,12,16H2,1-3H3,(H,17,20). The molecule has 0 saturated carbocycles. The van der Waals surface area contributed by atoms with Crippen LogP contribution in [0.5, 0.6) is 0 Å². The molecular formula is C15H26N4O. The molecule has 0 aliphatic heterocycles. The maximum absolute atomic E-state index is 11.5. The van der Waals surface area contributed by atoms with Crippen molar-refractivity contribution >= 4 is 5.91 Å². The van der Waals surface area contributed by atoms with Gasteiger partial charge in [-0.2, -0.15) is 0 Å². The third kappa shape index (κ3) is 5.69. The van der Waals surface area contributed by atoms with Crippen molar-refractivity contribution in [2.75, 3.05) is 33.7 Å². The van der Waals surface area contributed by atoms with Crippen LogP contribution >= 0.6 is 0 Å². The van der Waals surface area contributed by atoms with Gasteiger partial charge >= 0.3 is 0 Å². The van der Waals surface area contributed by atoms with E-state index in [-0.39, 0.29) is 5.91 Å². The minimum atomic E-state index is -0.248. The first-order valence-electron chi connectivity index (χ1n) is 7.03. The third-order valence-electron chi connectivity index (χ3n) is 3.25. The number of nitrogens with zero attached hydrogens (tertiary/aromatic N) is 2. The number of carbonyl (C=O) groups excluding carboxylic acids is 1. The highest BCUT2D eigenvalue weighted by Crippen LogP contribution is 2.09. The number of hydrazine groups is 1. The minimum Gasteiger partial charge on any atom is -0.309 e. The van der Waals surface area contributed by atoms with Crippen molar-refractivity contribution in [3.8, 4) is 0 Å². The van der Waals surface area contributed by atoms with Gasteiger partial charge in [-0.05, 0) is 57.8 Å². The fourth-order valence-corrected chi connectivity index (χ4v) is 2.11. The van der Waals surface area contributed by atoms with Crippen LogP contribution in [0.15, 0.2) is 24.3 Å². The van der Waals surface area contributed by atoms with E-state index in [2.05, 4.69) is 36.2 Å². The van der Waals surface area contributed by atoms with Crippen LogP contribution in [0.25, 0.3) is 0 Å². The zero-order chi connectivity index (χ0) is 15.0. The molecule has 20 heavy (non-hydrogen) atoms. The lowest BCUT2D eigenvalue weighted by Crippen LogP contribution is -2.30. The Bertz CT molecular complexity index is 420. The summed E-state index contributed by atoms with van der Waals surface area (Å²) < 4.78 is 0. The van der Waals surface area contributed by atoms with E-state index in [4.69, 9.17) is 5.84 Å². The maximum Gasteiger partial charge on any atom is 0.265 e. The second-order valence-electron chi connectivity index (χ2n) is 5.20. The van der Waals surface area contributed by atoms with E-state index in [9.17, 15) is 4.79 Å². The molecule has 1 rings (SSSR count). The summed E-state index contributed by atoms with van der Waals surface area (Å²) in [5.41, 5.74) is 3.91. The summed E-state index contributed by atoms with van der Waals surface area (Å²) in [5.74, 6) is 4.91. The van der Waals surface area contributed by atoms with Crippen LogP contribution in [0.3, 0.4) is 0 Å². The first-order chi connectivity index (χ1) is 9.56. The fourth-order valence-electron chi connectivity index (χ4n) is 2.11. The number of rotatable bonds is 8. The summed E-state index contributed by atoms with van der Waals surface area (Å²) >= 11 is 0. The highest BCUT2D eigenvalue weighted by Gasteiger charge is 2.07. The van der Waals surface area contributed by atoms with Crippen molar-refractivity contribution in [2.24, 2.45) is 5.84 Å². The second-order valence-corrected chi connectivity index (χ2v) is 5.20. The molecule has 5 heteroatoms. The van der Waals surface area contributed by atoms with Crippen molar-refractivity contribution in [1.29, 1.82) is 0 Å². The first-order valence-corrected chi connectivity index (χ1v) is 7.03. The Balaban J connectivity index is 2.58. The van der Waals surface area contributed by atoms with E-state index in [0.29, 0.717) is 5.56 Å². The number of nitrogen functional groups attached to an aromatic ring is 1. The number of benzene rings is 1. The molecule has 0 bridgehead atoms. The van der Waals surface area contributed by atoms with Crippen LogP contribution in [-0.2, 0) is 6.54 Å². The predicted molar refractivity (Wildman–Crippen MR) is 82.2 cm³/mol. The van der Waals surface area contributed by atoms with Crippen LogP contribution in [0.4, 0.5) is 0 Å². The van der Waals surface area contributed by atoms with Gasteiger partial charge in [0.1, 0.15) is 0 Å². The molecule has 1 amide bonds. The van der Waals surface area contributed by atoms with Crippen LogP contribution < -0.4 is 11.3 Å². The summed E-state index contributed by atoms with van der Waals surface area (Å²) in [6, 6.07) is 7.61. The summed E-state index contributed by atoms with van der Waals surface area (Å²) in [5, 5.41) is 0. The lowest BCUT2D eigenvalue weighted by Gasteiger charge is -2.21. The molecule has 0 fully saturated rings. The fraction of sp³-hybridized carbons (Fsp3) is 0.533. The van der Waals surface area contributed by atoms with Gasteiger partial charge in [-0.15, -0.1) is 0 Å². The van der Waals surface area contributed by atoms with Gasteiger partial charge in [0.15, 0.2) is 0 Å². The number of nitrogens with two attached hydrogens (primary N) is 1. The predicted octanol–water partition coefficient (Wildman–Crippen LogP) is 1.06. The third-order valence-corrected chi connectivity index (χ3v) is 3.25. The molecule has 0 heterocycles. The van der Waals surface area contributed by atoms with Gasteiger partial charge in [0.05, 0.1) is 0 Å². The highest BCUT2D eigenvalue weighted by molar-refractivity contribution is 5.93. The molecule has 0 aliphatic carbocycles. The summed E-state index contributed by atoms with van der Waals surface area (Å²) in [7, 11) is 4.18. The lowest BCUT2D eigenvalue weighted by molar-refractivity contribution is 0.0953. The molecule has 3 N–H and O–H groups in total. The zero-order valence-corrected chi connectivity index (χ0v) is 12.7. The average Bonchev–Trinajstić information content (AvgIpc) is 2.45. The average molecular weight is 278 g/mol. The van der Waals surface area contributed by atoms with Crippen LogP contribution in [0.2, 0.25) is 0 Å². The van der Waals surface area contributed by atoms with Crippen LogP contribution in [-0.4, -0.2) is 49.4 Å². The summed E-state index contributed by atoms with van der Waals surface area (Å²) in [6.45, 7) is 6.16.